The van der Waals surface area contributed by atoms with E-state index in [1.807, 2.05) is 48.2 Å². The van der Waals surface area contributed by atoms with Gasteiger partial charge in [-0.25, -0.2) is 0 Å². The van der Waals surface area contributed by atoms with Gasteiger partial charge in [0, 0.05) is 24.6 Å². The summed E-state index contributed by atoms with van der Waals surface area (Å²) < 4.78 is 11.5. The summed E-state index contributed by atoms with van der Waals surface area (Å²) >= 11 is 0. The Balaban J connectivity index is 1.50. The van der Waals surface area contributed by atoms with Crippen molar-refractivity contribution >= 4 is 5.91 Å². The Morgan fingerprint density at radius 2 is 1.96 bits per heavy atom. The van der Waals surface area contributed by atoms with Gasteiger partial charge in [0.1, 0.15) is 11.9 Å². The molecule has 0 N–H and O–H groups in total. The van der Waals surface area contributed by atoms with E-state index in [9.17, 15) is 4.79 Å². The standard InChI is InChI=1S/C21H27N3O3/c1-3-4-5-14-26-18-9-7-17(8-10-18)21(25)24-13-12-19(15-24)27-20-11-6-16(2)22-23-20/h6-11,19H,3-5,12-15H2,1-2H3. The Morgan fingerprint density at radius 1 is 1.15 bits per heavy atom. The van der Waals surface area contributed by atoms with Crippen LogP contribution >= 0.6 is 0 Å². The van der Waals surface area contributed by atoms with Gasteiger partial charge in [-0.05, 0) is 43.7 Å². The van der Waals surface area contributed by atoms with E-state index in [0.29, 0.717) is 31.1 Å². The monoisotopic (exact) mass is 369 g/mol. The maximum Gasteiger partial charge on any atom is 0.253 e. The highest BCUT2D eigenvalue weighted by Gasteiger charge is 2.28. The summed E-state index contributed by atoms with van der Waals surface area (Å²) in [5, 5.41) is 8.02. The highest BCUT2D eigenvalue weighted by atomic mass is 16.5. The molecule has 0 spiro atoms. The summed E-state index contributed by atoms with van der Waals surface area (Å²) in [6.45, 7) is 6.01. The molecule has 27 heavy (non-hydrogen) atoms. The normalized spacial score (nSPS) is 16.4. The summed E-state index contributed by atoms with van der Waals surface area (Å²) in [4.78, 5) is 14.5. The van der Waals surface area contributed by atoms with Gasteiger partial charge in [0.15, 0.2) is 0 Å². The van der Waals surface area contributed by atoms with Crippen LogP contribution in [0.5, 0.6) is 11.6 Å². The molecule has 2 heterocycles. The predicted molar refractivity (Wildman–Crippen MR) is 103 cm³/mol. The van der Waals surface area contributed by atoms with E-state index >= 15 is 0 Å². The second kappa shape index (κ2) is 9.35. The van der Waals surface area contributed by atoms with Crippen LogP contribution in [-0.2, 0) is 0 Å². The maximum atomic E-state index is 12.7. The van der Waals surface area contributed by atoms with Gasteiger partial charge >= 0.3 is 0 Å². The lowest BCUT2D eigenvalue weighted by atomic mass is 10.2. The number of carbonyl (C=O) groups excluding carboxylic acids is 1. The molecule has 6 heteroatoms. The van der Waals surface area contributed by atoms with Gasteiger partial charge in [0.05, 0.1) is 18.8 Å². The zero-order valence-corrected chi connectivity index (χ0v) is 16.1. The van der Waals surface area contributed by atoms with Gasteiger partial charge < -0.3 is 14.4 Å². The minimum absolute atomic E-state index is 0.0219. The second-order valence-electron chi connectivity index (χ2n) is 6.87. The Bertz CT molecular complexity index is 731. The number of nitrogens with zero attached hydrogens (tertiary/aromatic N) is 3. The third-order valence-corrected chi connectivity index (χ3v) is 4.61. The minimum Gasteiger partial charge on any atom is -0.494 e. The van der Waals surface area contributed by atoms with E-state index in [-0.39, 0.29) is 12.0 Å². The van der Waals surface area contributed by atoms with Crippen LogP contribution in [0.15, 0.2) is 36.4 Å². The fraction of sp³-hybridized carbons (Fsp3) is 0.476. The molecule has 0 saturated carbocycles. The van der Waals surface area contributed by atoms with Crippen molar-refractivity contribution in [3.05, 3.63) is 47.7 Å². The number of ether oxygens (including phenoxy) is 2. The number of carbonyl (C=O) groups is 1. The molecule has 1 aromatic carbocycles. The molecule has 0 radical (unpaired) electrons. The molecule has 3 rings (SSSR count). The fourth-order valence-electron chi connectivity index (χ4n) is 3.05. The fourth-order valence-corrected chi connectivity index (χ4v) is 3.05. The number of benzene rings is 1. The van der Waals surface area contributed by atoms with Crippen LogP contribution in [0.1, 0.15) is 48.7 Å². The van der Waals surface area contributed by atoms with Crippen molar-refractivity contribution in [2.75, 3.05) is 19.7 Å². The molecular weight excluding hydrogens is 342 g/mol. The molecular formula is C21H27N3O3. The van der Waals surface area contributed by atoms with Gasteiger partial charge in [0.2, 0.25) is 5.88 Å². The first-order valence-electron chi connectivity index (χ1n) is 9.65. The van der Waals surface area contributed by atoms with Crippen LogP contribution in [0.2, 0.25) is 0 Å². The van der Waals surface area contributed by atoms with E-state index in [0.717, 1.165) is 24.3 Å². The number of amides is 1. The van der Waals surface area contributed by atoms with E-state index in [2.05, 4.69) is 17.1 Å². The molecule has 1 unspecified atom stereocenters. The van der Waals surface area contributed by atoms with Crippen LogP contribution in [0.3, 0.4) is 0 Å². The summed E-state index contributed by atoms with van der Waals surface area (Å²) in [6.07, 6.45) is 4.14. The Morgan fingerprint density at radius 3 is 2.67 bits per heavy atom. The Kier molecular flexibility index (Phi) is 6.63. The number of likely N-dealkylation sites (tertiary alicyclic amines) is 1. The molecule has 0 aliphatic carbocycles. The molecule has 1 aliphatic heterocycles. The molecule has 1 atom stereocenters. The minimum atomic E-state index is -0.0490. The summed E-state index contributed by atoms with van der Waals surface area (Å²) in [6, 6.07) is 11.1. The average Bonchev–Trinajstić information content (AvgIpc) is 3.15. The number of aromatic nitrogens is 2. The maximum absolute atomic E-state index is 12.7. The second-order valence-corrected chi connectivity index (χ2v) is 6.87. The van der Waals surface area contributed by atoms with E-state index in [1.54, 1.807) is 0 Å². The summed E-state index contributed by atoms with van der Waals surface area (Å²) in [5.41, 5.74) is 1.52. The lowest BCUT2D eigenvalue weighted by molar-refractivity contribution is 0.0771. The first-order chi connectivity index (χ1) is 13.2. The van der Waals surface area contributed by atoms with Crippen LogP contribution in [-0.4, -0.2) is 46.8 Å². The molecule has 1 amide bonds. The number of aryl methyl sites for hydroxylation is 1. The van der Waals surface area contributed by atoms with Crippen molar-refractivity contribution in [1.29, 1.82) is 0 Å². The van der Waals surface area contributed by atoms with Crippen LogP contribution in [0.25, 0.3) is 0 Å². The molecule has 1 aromatic heterocycles. The van der Waals surface area contributed by atoms with Crippen LogP contribution in [0, 0.1) is 6.92 Å². The molecule has 0 bridgehead atoms. The van der Waals surface area contributed by atoms with E-state index in [4.69, 9.17) is 9.47 Å². The van der Waals surface area contributed by atoms with Gasteiger partial charge in [-0.15, -0.1) is 5.10 Å². The van der Waals surface area contributed by atoms with Gasteiger partial charge in [-0.1, -0.05) is 19.8 Å². The Labute approximate surface area is 160 Å². The van der Waals surface area contributed by atoms with E-state index in [1.165, 1.54) is 12.8 Å². The molecule has 2 aromatic rings. The SMILES string of the molecule is CCCCCOc1ccc(C(=O)N2CCC(Oc3ccc(C)nn3)C2)cc1. The topological polar surface area (TPSA) is 64.5 Å². The van der Waals surface area contributed by atoms with Crippen molar-refractivity contribution in [2.45, 2.75) is 45.6 Å². The van der Waals surface area contributed by atoms with Crippen molar-refractivity contribution in [3.63, 3.8) is 0 Å². The highest BCUT2D eigenvalue weighted by Crippen LogP contribution is 2.20. The lowest BCUT2D eigenvalue weighted by Gasteiger charge is -2.17. The predicted octanol–water partition coefficient (Wildman–Crippen LogP) is 3.65. The smallest absolute Gasteiger partial charge is 0.253 e. The molecule has 144 valence electrons. The van der Waals surface area contributed by atoms with Gasteiger partial charge in [-0.3, -0.25) is 4.79 Å². The first kappa shape index (κ1) is 19.1. The first-order valence-corrected chi connectivity index (χ1v) is 9.65. The van der Waals surface area contributed by atoms with Crippen LogP contribution in [0.4, 0.5) is 0 Å². The largest absolute Gasteiger partial charge is 0.494 e. The molecule has 1 fully saturated rings. The third-order valence-electron chi connectivity index (χ3n) is 4.61. The highest BCUT2D eigenvalue weighted by molar-refractivity contribution is 5.94. The number of unbranched alkanes of at least 4 members (excludes halogenated alkanes) is 2. The van der Waals surface area contributed by atoms with Crippen molar-refractivity contribution in [3.8, 4) is 11.6 Å². The number of hydrogen-bond acceptors (Lipinski definition) is 5. The molecule has 1 saturated heterocycles. The van der Waals surface area contributed by atoms with E-state index < -0.39 is 0 Å². The molecule has 6 nitrogen and oxygen atoms in total. The Hall–Kier alpha value is -2.63. The lowest BCUT2D eigenvalue weighted by Crippen LogP contribution is -2.31. The average molecular weight is 369 g/mol. The van der Waals surface area contributed by atoms with Gasteiger partial charge in [-0.2, -0.15) is 5.10 Å². The van der Waals surface area contributed by atoms with Crippen molar-refractivity contribution in [1.82, 2.24) is 15.1 Å². The van der Waals surface area contributed by atoms with Gasteiger partial charge in [0.25, 0.3) is 5.91 Å². The summed E-state index contributed by atoms with van der Waals surface area (Å²) in [7, 11) is 0. The number of rotatable bonds is 8. The zero-order chi connectivity index (χ0) is 19.1. The summed E-state index contributed by atoms with van der Waals surface area (Å²) in [5.74, 6) is 1.33. The van der Waals surface area contributed by atoms with Crippen LogP contribution < -0.4 is 9.47 Å². The number of hydrogen-bond donors (Lipinski definition) is 0. The quantitative estimate of drug-likeness (QED) is 0.665. The zero-order valence-electron chi connectivity index (χ0n) is 16.1. The third kappa shape index (κ3) is 5.42. The van der Waals surface area contributed by atoms with Crippen molar-refractivity contribution in [2.24, 2.45) is 0 Å². The molecule has 1 aliphatic rings. The van der Waals surface area contributed by atoms with Crippen molar-refractivity contribution < 1.29 is 14.3 Å².